The molecule has 0 fully saturated rings. The average molecular weight is 621 g/mol. The Bertz CT molecular complexity index is 2860. The van der Waals surface area contributed by atoms with E-state index >= 15 is 0 Å². The Hall–Kier alpha value is -6.39. The van der Waals surface area contributed by atoms with Gasteiger partial charge in [-0.2, -0.15) is 0 Å². The molecule has 0 bridgehead atoms. The minimum atomic E-state index is -0.698. The van der Waals surface area contributed by atoms with Crippen LogP contribution in [-0.2, 0) is 20.0 Å². The molecule has 0 saturated carbocycles. The van der Waals surface area contributed by atoms with Gasteiger partial charge in [0.1, 0.15) is 19.7 Å². The van der Waals surface area contributed by atoms with Crippen molar-refractivity contribution in [2.24, 2.45) is 14.1 Å². The normalized spacial score (nSPS) is 18.4. The molecule has 1 N–H and O–H groups in total. The maximum atomic E-state index is 5.54. The first-order valence-corrected chi connectivity index (χ1v) is 16.3. The highest BCUT2D eigenvalue weighted by Gasteiger charge is 2.65. The van der Waals surface area contributed by atoms with Crippen LogP contribution < -0.4 is 25.1 Å². The number of allylic oxidation sites excluding steroid dienone is 2. The van der Waals surface area contributed by atoms with Gasteiger partial charge in [0.25, 0.3) is 0 Å². The van der Waals surface area contributed by atoms with Crippen LogP contribution in [0, 0.1) is 23.0 Å². The standard InChI is InChI=1S/C41H29N7/c1-4-23-42-27-13-11-26(12-14-27)38-32-19-21-36-39(30-9-5-7-24-43(30)2)34-17-15-28-29-16-18-35-40(31-10-6-8-25-44(31)3)37-22-20-33(38)48(37)41(45(28)34,46(29)35)47(32)36/h1,5-22,24-25H,23H2,2-3H3/q+2/p+1. The molecule has 7 heteroatoms. The van der Waals surface area contributed by atoms with Crippen molar-refractivity contribution < 1.29 is 13.7 Å². The number of aryl methyl sites for hydroxylation is 2. The predicted molar refractivity (Wildman–Crippen MR) is 183 cm³/mol. The lowest BCUT2D eigenvalue weighted by Crippen LogP contribution is -2.66. The lowest BCUT2D eigenvalue weighted by atomic mass is 9.96. The van der Waals surface area contributed by atoms with Gasteiger partial charge in [0.2, 0.25) is 22.8 Å². The highest BCUT2D eigenvalue weighted by molar-refractivity contribution is 6.27. The molecule has 1 unspecified atom stereocenters. The highest BCUT2D eigenvalue weighted by atomic mass is 15.6. The van der Waals surface area contributed by atoms with Gasteiger partial charge in [-0.25, -0.2) is 22.8 Å². The molecule has 226 valence electrons. The fourth-order valence-corrected chi connectivity index (χ4v) is 8.90. The molecule has 5 aromatic heterocycles. The monoisotopic (exact) mass is 620 g/mol. The summed E-state index contributed by atoms with van der Waals surface area (Å²) in [5.41, 5.74) is 12.9. The fourth-order valence-electron chi connectivity index (χ4n) is 8.90. The van der Waals surface area contributed by atoms with Crippen molar-refractivity contribution in [3.63, 3.8) is 0 Å². The van der Waals surface area contributed by atoms with Crippen molar-refractivity contribution in [1.82, 2.24) is 13.7 Å². The first kappa shape index (κ1) is 25.8. The van der Waals surface area contributed by atoms with E-state index in [1.807, 2.05) is 0 Å². The smallest absolute Gasteiger partial charge is 0.374 e. The number of hydrogen-bond donors (Lipinski definition) is 1. The molecule has 1 aromatic carbocycles. The third-order valence-electron chi connectivity index (χ3n) is 10.7. The minimum Gasteiger partial charge on any atom is -0.374 e. The van der Waals surface area contributed by atoms with E-state index in [4.69, 9.17) is 6.42 Å². The van der Waals surface area contributed by atoms with Crippen LogP contribution in [0.25, 0.3) is 16.7 Å². The molecule has 48 heavy (non-hydrogen) atoms. The third-order valence-corrected chi connectivity index (χ3v) is 10.7. The molecule has 0 amide bonds. The summed E-state index contributed by atoms with van der Waals surface area (Å²) < 4.78 is 14.8. The van der Waals surface area contributed by atoms with Crippen molar-refractivity contribution in [3.05, 3.63) is 177 Å². The summed E-state index contributed by atoms with van der Waals surface area (Å²) in [5.74, 6) is 1.99. The maximum Gasteiger partial charge on any atom is 0.430 e. The number of pyridine rings is 2. The predicted octanol–water partition coefficient (Wildman–Crippen LogP) is 2.62. The van der Waals surface area contributed by atoms with Crippen LogP contribution in [0.5, 0.6) is 0 Å². The molecule has 1 atom stereocenters. The number of aromatic nitrogens is 5. The largest absolute Gasteiger partial charge is 0.430 e. The van der Waals surface area contributed by atoms with E-state index in [0.717, 1.165) is 11.3 Å². The molecule has 1 spiro atoms. The molecule has 5 aliphatic heterocycles. The van der Waals surface area contributed by atoms with Crippen LogP contribution in [0.2, 0.25) is 0 Å². The van der Waals surface area contributed by atoms with Gasteiger partial charge in [0, 0.05) is 42.1 Å². The second-order valence-corrected chi connectivity index (χ2v) is 13.0. The molecule has 0 aliphatic carbocycles. The van der Waals surface area contributed by atoms with Crippen LogP contribution >= 0.6 is 0 Å². The van der Waals surface area contributed by atoms with Crippen LogP contribution in [0.15, 0.2) is 127 Å². The zero-order chi connectivity index (χ0) is 31.9. The molecule has 5 aliphatic rings. The van der Waals surface area contributed by atoms with Gasteiger partial charge in [-0.3, -0.25) is 0 Å². The highest BCUT2D eigenvalue weighted by Crippen LogP contribution is 2.49. The lowest BCUT2D eigenvalue weighted by Gasteiger charge is -2.41. The molecule has 11 rings (SSSR count). The van der Waals surface area contributed by atoms with E-state index in [2.05, 4.69) is 174 Å². The Morgan fingerprint density at radius 2 is 1.25 bits per heavy atom. The zero-order valence-electron chi connectivity index (χ0n) is 26.5. The molecule has 7 nitrogen and oxygen atoms in total. The summed E-state index contributed by atoms with van der Waals surface area (Å²) in [6.45, 7) is 0.491. The van der Waals surface area contributed by atoms with Crippen LogP contribution in [0.4, 0.5) is 5.69 Å². The number of terminal acetylenes is 1. The molecule has 0 radical (unpaired) electrons. The van der Waals surface area contributed by atoms with Crippen molar-refractivity contribution in [1.29, 1.82) is 0 Å². The Morgan fingerprint density at radius 3 is 1.90 bits per heavy atom. The summed E-state index contributed by atoms with van der Waals surface area (Å²) in [7, 11) is 4.28. The van der Waals surface area contributed by atoms with Gasteiger partial charge in [-0.05, 0) is 66.2 Å². The van der Waals surface area contributed by atoms with E-state index in [1.54, 1.807) is 0 Å². The quantitative estimate of drug-likeness (QED) is 0.234. The van der Waals surface area contributed by atoms with E-state index < -0.39 is 5.91 Å². The van der Waals surface area contributed by atoms with E-state index in [1.165, 1.54) is 72.3 Å². The number of rotatable bonds is 5. The Morgan fingerprint density at radius 1 is 0.646 bits per heavy atom. The summed E-state index contributed by atoms with van der Waals surface area (Å²) in [6.07, 6.45) is 14.5. The van der Waals surface area contributed by atoms with Gasteiger partial charge < -0.3 is 5.32 Å². The number of hydrogen-bond acceptors (Lipinski definition) is 1. The molecule has 0 saturated heterocycles. The number of nitrogens with zero attached hydrogens (tertiary/aromatic N) is 6. The zero-order valence-corrected chi connectivity index (χ0v) is 26.5. The van der Waals surface area contributed by atoms with E-state index in [-0.39, 0.29) is 0 Å². The average Bonchev–Trinajstić information content (AvgIpc) is 3.94. The Balaban J connectivity index is 1.34. The molecular formula is C41H30N7+3. The minimum absolute atomic E-state index is 0.491. The Kier molecular flexibility index (Phi) is 4.67. The topological polar surface area (TPSA) is 37.6 Å². The molecular weight excluding hydrogens is 591 g/mol. The van der Waals surface area contributed by atoms with E-state index in [0.29, 0.717) is 6.54 Å². The van der Waals surface area contributed by atoms with Crippen molar-refractivity contribution >= 4 is 28.1 Å². The summed E-state index contributed by atoms with van der Waals surface area (Å²) >= 11 is 0. The molecule has 6 aromatic rings. The van der Waals surface area contributed by atoms with Gasteiger partial charge in [-0.15, -0.1) is 11.0 Å². The lowest BCUT2D eigenvalue weighted by molar-refractivity contribution is -0.674. The van der Waals surface area contributed by atoms with Crippen LogP contribution in [0.1, 0.15) is 28.3 Å². The number of nitrogens with one attached hydrogen (secondary N) is 1. The first-order valence-electron chi connectivity index (χ1n) is 16.3. The van der Waals surface area contributed by atoms with E-state index in [9.17, 15) is 0 Å². The van der Waals surface area contributed by atoms with Crippen molar-refractivity contribution in [3.8, 4) is 12.3 Å². The van der Waals surface area contributed by atoms with Gasteiger partial charge in [-0.1, -0.05) is 18.1 Å². The van der Waals surface area contributed by atoms with Crippen LogP contribution in [-0.4, -0.2) is 30.5 Å². The second kappa shape index (κ2) is 8.69. The summed E-state index contributed by atoms with van der Waals surface area (Å²) in [6, 6.07) is 35.5. The maximum absolute atomic E-state index is 5.54. The van der Waals surface area contributed by atoms with Gasteiger partial charge >= 0.3 is 5.91 Å². The summed E-state index contributed by atoms with van der Waals surface area (Å²) in [5, 5.41) is 8.19. The van der Waals surface area contributed by atoms with Gasteiger partial charge in [0.05, 0.1) is 50.5 Å². The Labute approximate surface area is 276 Å². The first-order chi connectivity index (χ1) is 23.6. The number of benzene rings is 1. The van der Waals surface area contributed by atoms with Crippen LogP contribution in [0.3, 0.4) is 0 Å². The van der Waals surface area contributed by atoms with Crippen molar-refractivity contribution in [2.75, 3.05) is 11.9 Å². The second-order valence-electron chi connectivity index (χ2n) is 13.0. The summed E-state index contributed by atoms with van der Waals surface area (Å²) in [4.78, 5) is 0. The fraction of sp³-hybridized carbons (Fsp3) is 0.0976. The third kappa shape index (κ3) is 2.78. The number of anilines is 1. The van der Waals surface area contributed by atoms with Gasteiger partial charge in [0.15, 0.2) is 12.4 Å². The molecule has 10 heterocycles. The SMILES string of the molecule is C#CCNc1ccc(C2=C3C=CC4=[N+]3C35n6c2ccc6C(c2cccc[n+]2C)=c2ccc(n23)=c2ccc(n25)=C4c2cccc[n+]2C)cc1. The van der Waals surface area contributed by atoms with Crippen molar-refractivity contribution in [2.45, 2.75) is 5.91 Å².